The monoisotopic (exact) mass is 531 g/mol. The molecule has 7 nitrogen and oxygen atoms in total. The van der Waals surface area contributed by atoms with E-state index in [0.29, 0.717) is 44.2 Å². The first-order chi connectivity index (χ1) is 13.1. The molecule has 3 N–H and O–H groups in total. The summed E-state index contributed by atoms with van der Waals surface area (Å²) in [5, 5.41) is 9.09. The normalized spacial score (nSPS) is 12.3. The predicted molar refractivity (Wildman–Crippen MR) is 122 cm³/mol. The van der Waals surface area contributed by atoms with Gasteiger partial charge in [0.2, 0.25) is 5.95 Å². The van der Waals surface area contributed by atoms with E-state index in [1.165, 1.54) is 0 Å². The molecule has 0 aliphatic heterocycles. The summed E-state index contributed by atoms with van der Waals surface area (Å²) in [6.45, 7) is 13.7. The van der Waals surface area contributed by atoms with E-state index in [-0.39, 0.29) is 29.9 Å². The molecule has 0 bridgehead atoms. The van der Waals surface area contributed by atoms with Crippen molar-refractivity contribution < 1.29 is 13.2 Å². The molecule has 0 unspecified atom stereocenters. The van der Waals surface area contributed by atoms with Crippen LogP contribution in [0.25, 0.3) is 0 Å². The number of hydrogen-bond acceptors (Lipinski definition) is 5. The van der Waals surface area contributed by atoms with Crippen LogP contribution in [0.3, 0.4) is 0 Å². The minimum absolute atomic E-state index is 0. The highest BCUT2D eigenvalue weighted by Crippen LogP contribution is 2.27. The Morgan fingerprint density at radius 3 is 2.34 bits per heavy atom. The lowest BCUT2D eigenvalue weighted by Crippen LogP contribution is -2.41. The van der Waals surface area contributed by atoms with Crippen molar-refractivity contribution >= 4 is 35.9 Å². The summed E-state index contributed by atoms with van der Waals surface area (Å²) in [5.41, 5.74) is -0.965. The van der Waals surface area contributed by atoms with Gasteiger partial charge < -0.3 is 16.0 Å². The molecule has 0 amide bonds. The number of aromatic nitrogens is 2. The highest BCUT2D eigenvalue weighted by molar-refractivity contribution is 14.0. The number of rotatable bonds is 10. The van der Waals surface area contributed by atoms with Crippen LogP contribution in [0.5, 0.6) is 0 Å². The van der Waals surface area contributed by atoms with E-state index in [1.54, 1.807) is 0 Å². The van der Waals surface area contributed by atoms with Crippen molar-refractivity contribution in [3.05, 3.63) is 18.0 Å². The van der Waals surface area contributed by atoms with Crippen molar-refractivity contribution in [2.45, 2.75) is 52.9 Å². The van der Waals surface area contributed by atoms with Crippen LogP contribution in [-0.2, 0) is 6.18 Å². The van der Waals surface area contributed by atoms with Crippen molar-refractivity contribution in [3.63, 3.8) is 0 Å². The number of alkyl halides is 3. The van der Waals surface area contributed by atoms with E-state index in [1.807, 2.05) is 6.92 Å². The standard InChI is InChI=1S/C18H32F3N7.HI/c1-6-22-16(26-11-12-28(13(2)3)14(4)5)24-9-10-25-17-23-8-7-15(27-17)18(19,20)21;/h7-8,13-14H,6,9-12H2,1-5H3,(H2,22,24,26)(H,23,25,27);1H. The molecule has 11 heteroatoms. The van der Waals surface area contributed by atoms with Gasteiger partial charge in [0.25, 0.3) is 0 Å². The van der Waals surface area contributed by atoms with Gasteiger partial charge in [-0.3, -0.25) is 9.89 Å². The zero-order valence-electron chi connectivity index (χ0n) is 17.7. The Morgan fingerprint density at radius 1 is 1.14 bits per heavy atom. The van der Waals surface area contributed by atoms with Crippen LogP contribution in [0, 0.1) is 0 Å². The lowest BCUT2D eigenvalue weighted by molar-refractivity contribution is -0.141. The molecule has 0 spiro atoms. The number of hydrogen-bond donors (Lipinski definition) is 3. The maximum atomic E-state index is 12.7. The van der Waals surface area contributed by atoms with Gasteiger partial charge >= 0.3 is 6.18 Å². The molecule has 0 atom stereocenters. The molecule has 0 saturated heterocycles. The van der Waals surface area contributed by atoms with E-state index in [9.17, 15) is 13.2 Å². The van der Waals surface area contributed by atoms with Crippen molar-refractivity contribution in [1.82, 2.24) is 25.5 Å². The van der Waals surface area contributed by atoms with Gasteiger partial charge in [-0.2, -0.15) is 13.2 Å². The van der Waals surface area contributed by atoms with Gasteiger partial charge in [-0.25, -0.2) is 9.97 Å². The first-order valence-electron chi connectivity index (χ1n) is 9.57. The number of anilines is 1. The minimum Gasteiger partial charge on any atom is -0.357 e. The molecule has 0 aliphatic carbocycles. The quantitative estimate of drug-likeness (QED) is 0.186. The summed E-state index contributed by atoms with van der Waals surface area (Å²) < 4.78 is 38.0. The van der Waals surface area contributed by atoms with Crippen LogP contribution >= 0.6 is 24.0 Å². The van der Waals surface area contributed by atoms with E-state index in [4.69, 9.17) is 0 Å². The van der Waals surface area contributed by atoms with Crippen LogP contribution in [-0.4, -0.2) is 65.6 Å². The maximum absolute atomic E-state index is 12.7. The zero-order chi connectivity index (χ0) is 21.2. The van der Waals surface area contributed by atoms with Crippen LogP contribution in [0.4, 0.5) is 19.1 Å². The molecule has 29 heavy (non-hydrogen) atoms. The van der Waals surface area contributed by atoms with Gasteiger partial charge in [-0.15, -0.1) is 24.0 Å². The van der Waals surface area contributed by atoms with E-state index in [2.05, 4.69) is 63.5 Å². The predicted octanol–water partition coefficient (Wildman–Crippen LogP) is 3.20. The van der Waals surface area contributed by atoms with Crippen molar-refractivity contribution in [1.29, 1.82) is 0 Å². The maximum Gasteiger partial charge on any atom is 0.433 e. The Kier molecular flexibility index (Phi) is 13.1. The third kappa shape index (κ3) is 10.8. The highest BCUT2D eigenvalue weighted by atomic mass is 127. The Labute approximate surface area is 188 Å². The van der Waals surface area contributed by atoms with Crippen LogP contribution in [0.1, 0.15) is 40.3 Å². The molecule has 0 radical (unpaired) electrons. The third-order valence-electron chi connectivity index (χ3n) is 3.95. The summed E-state index contributed by atoms with van der Waals surface area (Å²) in [5.74, 6) is 0.616. The second-order valence-corrected chi connectivity index (χ2v) is 6.80. The second kappa shape index (κ2) is 13.8. The summed E-state index contributed by atoms with van der Waals surface area (Å²) >= 11 is 0. The molecule has 168 valence electrons. The van der Waals surface area contributed by atoms with Gasteiger partial charge in [-0.1, -0.05) is 0 Å². The molecule has 1 aromatic heterocycles. The smallest absolute Gasteiger partial charge is 0.357 e. The molecule has 0 aliphatic rings. The number of nitrogens with one attached hydrogen (secondary N) is 3. The Bertz CT molecular complexity index is 601. The highest BCUT2D eigenvalue weighted by Gasteiger charge is 2.32. The first-order valence-corrected chi connectivity index (χ1v) is 9.57. The lowest BCUT2D eigenvalue weighted by Gasteiger charge is -2.29. The van der Waals surface area contributed by atoms with Gasteiger partial charge in [0, 0.05) is 44.5 Å². The van der Waals surface area contributed by atoms with E-state index < -0.39 is 11.9 Å². The molecular formula is C18H33F3IN7. The van der Waals surface area contributed by atoms with E-state index in [0.717, 1.165) is 18.8 Å². The van der Waals surface area contributed by atoms with Gasteiger partial charge in [0.05, 0.1) is 6.54 Å². The van der Waals surface area contributed by atoms with Gasteiger partial charge in [0.1, 0.15) is 5.69 Å². The number of nitrogens with zero attached hydrogens (tertiary/aromatic N) is 4. The second-order valence-electron chi connectivity index (χ2n) is 6.80. The molecular weight excluding hydrogens is 498 g/mol. The van der Waals surface area contributed by atoms with E-state index >= 15 is 0 Å². The summed E-state index contributed by atoms with van der Waals surface area (Å²) in [4.78, 5) is 14.2. The topological polar surface area (TPSA) is 77.5 Å². The Morgan fingerprint density at radius 2 is 1.79 bits per heavy atom. The molecule has 1 heterocycles. The number of aliphatic imine (C=N–C) groups is 1. The fraction of sp³-hybridized carbons (Fsp3) is 0.722. The molecule has 0 aromatic carbocycles. The number of guanidine groups is 1. The lowest BCUT2D eigenvalue weighted by atomic mass is 10.2. The Hall–Kier alpha value is -1.37. The zero-order valence-corrected chi connectivity index (χ0v) is 20.0. The van der Waals surface area contributed by atoms with Crippen LogP contribution in [0.15, 0.2) is 17.3 Å². The SMILES string of the molecule is CCNC(=NCCN(C(C)C)C(C)C)NCCNc1nccc(C(F)(F)F)n1.I. The largest absolute Gasteiger partial charge is 0.433 e. The molecule has 0 saturated carbocycles. The number of halogens is 4. The summed E-state index contributed by atoms with van der Waals surface area (Å²) in [6, 6.07) is 1.74. The molecule has 1 aromatic rings. The third-order valence-corrected chi connectivity index (χ3v) is 3.95. The first kappa shape index (κ1) is 27.6. The molecule has 0 fully saturated rings. The van der Waals surface area contributed by atoms with Crippen molar-refractivity contribution in [2.75, 3.05) is 38.0 Å². The average molecular weight is 531 g/mol. The fourth-order valence-electron chi connectivity index (χ4n) is 2.69. The fourth-order valence-corrected chi connectivity index (χ4v) is 2.69. The summed E-state index contributed by atoms with van der Waals surface area (Å²) in [6.07, 6.45) is -3.39. The Balaban J connectivity index is 0.00000784. The molecule has 1 rings (SSSR count). The van der Waals surface area contributed by atoms with Gasteiger partial charge in [-0.05, 0) is 40.7 Å². The van der Waals surface area contributed by atoms with Crippen LogP contribution < -0.4 is 16.0 Å². The average Bonchev–Trinajstić information content (AvgIpc) is 2.61. The van der Waals surface area contributed by atoms with Gasteiger partial charge in [0.15, 0.2) is 5.96 Å². The van der Waals surface area contributed by atoms with Crippen LogP contribution in [0.2, 0.25) is 0 Å². The van der Waals surface area contributed by atoms with Crippen molar-refractivity contribution in [3.8, 4) is 0 Å². The summed E-state index contributed by atoms with van der Waals surface area (Å²) in [7, 11) is 0. The minimum atomic E-state index is -4.48. The van der Waals surface area contributed by atoms with Crippen molar-refractivity contribution in [2.24, 2.45) is 4.99 Å².